The maximum atomic E-state index is 5.62. The monoisotopic (exact) mass is 224 g/mol. The van der Waals surface area contributed by atoms with E-state index in [0.29, 0.717) is 6.61 Å². The number of hydrogen-bond donors (Lipinski definition) is 0. The number of methoxy groups -OCH3 is 2. The molecule has 0 aliphatic heterocycles. The quantitative estimate of drug-likeness (QED) is 0.666. The van der Waals surface area contributed by atoms with Gasteiger partial charge in [-0.1, -0.05) is 13.0 Å². The van der Waals surface area contributed by atoms with Gasteiger partial charge in [-0.2, -0.15) is 0 Å². The van der Waals surface area contributed by atoms with Crippen molar-refractivity contribution in [2.45, 2.75) is 19.8 Å². The molecule has 0 fully saturated rings. The molecule has 3 nitrogen and oxygen atoms in total. The molecule has 1 aromatic rings. The summed E-state index contributed by atoms with van der Waals surface area (Å²) >= 11 is 0. The number of ether oxygens (including phenoxy) is 3. The molecule has 0 spiro atoms. The standard InChI is InChI=1S/C13H20O3/c1-4-11-6-7-12(13(10-11)15-3)16-9-5-8-14-2/h6-7,10H,4-5,8-9H2,1-3H3. The van der Waals surface area contributed by atoms with Crippen LogP contribution in [0.15, 0.2) is 18.2 Å². The van der Waals surface area contributed by atoms with Gasteiger partial charge in [-0.05, 0) is 24.1 Å². The van der Waals surface area contributed by atoms with Crippen molar-refractivity contribution < 1.29 is 14.2 Å². The number of hydrogen-bond acceptors (Lipinski definition) is 3. The molecule has 1 rings (SSSR count). The summed E-state index contributed by atoms with van der Waals surface area (Å²) in [4.78, 5) is 0. The SMILES string of the molecule is CCc1ccc(OCCCOC)c(OC)c1. The Morgan fingerprint density at radius 3 is 2.50 bits per heavy atom. The number of aryl methyl sites for hydroxylation is 1. The van der Waals surface area contributed by atoms with Crippen LogP contribution in [0.25, 0.3) is 0 Å². The summed E-state index contributed by atoms with van der Waals surface area (Å²) in [7, 11) is 3.35. The second-order valence-electron chi connectivity index (χ2n) is 3.53. The fraction of sp³-hybridized carbons (Fsp3) is 0.538. The highest BCUT2D eigenvalue weighted by molar-refractivity contribution is 5.42. The minimum Gasteiger partial charge on any atom is -0.493 e. The summed E-state index contributed by atoms with van der Waals surface area (Å²) in [5.41, 5.74) is 1.25. The predicted molar refractivity (Wildman–Crippen MR) is 64.4 cm³/mol. The van der Waals surface area contributed by atoms with Gasteiger partial charge in [0.1, 0.15) is 0 Å². The first-order valence-electron chi connectivity index (χ1n) is 5.60. The minimum absolute atomic E-state index is 0.648. The predicted octanol–water partition coefficient (Wildman–Crippen LogP) is 2.67. The lowest BCUT2D eigenvalue weighted by molar-refractivity contribution is 0.170. The van der Waals surface area contributed by atoms with E-state index in [1.807, 2.05) is 12.1 Å². The first kappa shape index (κ1) is 12.8. The molecule has 1 aromatic carbocycles. The van der Waals surface area contributed by atoms with Crippen molar-refractivity contribution >= 4 is 0 Å². The van der Waals surface area contributed by atoms with E-state index in [9.17, 15) is 0 Å². The van der Waals surface area contributed by atoms with Gasteiger partial charge in [0.05, 0.1) is 13.7 Å². The summed E-state index contributed by atoms with van der Waals surface area (Å²) < 4.78 is 15.9. The molecule has 0 saturated heterocycles. The third-order valence-corrected chi connectivity index (χ3v) is 2.39. The normalized spacial score (nSPS) is 10.2. The van der Waals surface area contributed by atoms with E-state index >= 15 is 0 Å². The zero-order chi connectivity index (χ0) is 11.8. The molecule has 0 atom stereocenters. The van der Waals surface area contributed by atoms with E-state index < -0.39 is 0 Å². The van der Waals surface area contributed by atoms with E-state index in [4.69, 9.17) is 14.2 Å². The van der Waals surface area contributed by atoms with Crippen LogP contribution in [0.1, 0.15) is 18.9 Å². The summed E-state index contributed by atoms with van der Waals surface area (Å²) in [6.07, 6.45) is 1.88. The van der Waals surface area contributed by atoms with E-state index in [-0.39, 0.29) is 0 Å². The van der Waals surface area contributed by atoms with Crippen molar-refractivity contribution in [2.75, 3.05) is 27.4 Å². The Morgan fingerprint density at radius 1 is 1.06 bits per heavy atom. The molecule has 0 saturated carbocycles. The average Bonchev–Trinajstić information content (AvgIpc) is 2.34. The fourth-order valence-corrected chi connectivity index (χ4v) is 1.44. The Labute approximate surface area is 97.3 Å². The molecule has 0 aromatic heterocycles. The van der Waals surface area contributed by atoms with Crippen LogP contribution in [0.3, 0.4) is 0 Å². The zero-order valence-corrected chi connectivity index (χ0v) is 10.3. The summed E-state index contributed by atoms with van der Waals surface area (Å²) in [6, 6.07) is 6.05. The third kappa shape index (κ3) is 3.74. The van der Waals surface area contributed by atoms with Crippen LogP contribution in [0, 0.1) is 0 Å². The van der Waals surface area contributed by atoms with Gasteiger partial charge in [0.2, 0.25) is 0 Å². The van der Waals surface area contributed by atoms with Crippen molar-refractivity contribution in [3.05, 3.63) is 23.8 Å². The van der Waals surface area contributed by atoms with Crippen LogP contribution in [-0.4, -0.2) is 27.4 Å². The molecule has 16 heavy (non-hydrogen) atoms. The first-order valence-corrected chi connectivity index (χ1v) is 5.60. The molecule has 0 N–H and O–H groups in total. The largest absolute Gasteiger partial charge is 0.493 e. The van der Waals surface area contributed by atoms with E-state index in [2.05, 4.69) is 13.0 Å². The average molecular weight is 224 g/mol. The number of benzene rings is 1. The van der Waals surface area contributed by atoms with Crippen molar-refractivity contribution in [1.29, 1.82) is 0 Å². The highest BCUT2D eigenvalue weighted by atomic mass is 16.5. The van der Waals surface area contributed by atoms with Crippen molar-refractivity contribution in [1.82, 2.24) is 0 Å². The number of rotatable bonds is 7. The van der Waals surface area contributed by atoms with Gasteiger partial charge in [-0.3, -0.25) is 0 Å². The summed E-state index contributed by atoms with van der Waals surface area (Å²) in [5, 5.41) is 0. The van der Waals surface area contributed by atoms with Crippen molar-refractivity contribution in [3.63, 3.8) is 0 Å². The topological polar surface area (TPSA) is 27.7 Å². The lowest BCUT2D eigenvalue weighted by Crippen LogP contribution is -2.02. The molecule has 0 heterocycles. The molecule has 0 amide bonds. The van der Waals surface area contributed by atoms with E-state index in [1.54, 1.807) is 14.2 Å². The second kappa shape index (κ2) is 7.12. The van der Waals surface area contributed by atoms with Crippen molar-refractivity contribution in [3.8, 4) is 11.5 Å². The van der Waals surface area contributed by atoms with Gasteiger partial charge < -0.3 is 14.2 Å². The summed E-state index contributed by atoms with van der Waals surface area (Å²) in [5.74, 6) is 1.60. The molecule has 3 heteroatoms. The zero-order valence-electron chi connectivity index (χ0n) is 10.3. The van der Waals surface area contributed by atoms with Gasteiger partial charge in [-0.15, -0.1) is 0 Å². The van der Waals surface area contributed by atoms with E-state index in [1.165, 1.54) is 5.56 Å². The second-order valence-corrected chi connectivity index (χ2v) is 3.53. The fourth-order valence-electron chi connectivity index (χ4n) is 1.44. The van der Waals surface area contributed by atoms with Crippen LogP contribution >= 0.6 is 0 Å². The van der Waals surface area contributed by atoms with Gasteiger partial charge in [0.15, 0.2) is 11.5 Å². The molecule has 0 bridgehead atoms. The van der Waals surface area contributed by atoms with E-state index in [0.717, 1.165) is 30.9 Å². The Morgan fingerprint density at radius 2 is 1.88 bits per heavy atom. The van der Waals surface area contributed by atoms with Crippen LogP contribution in [0.2, 0.25) is 0 Å². The Balaban J connectivity index is 2.57. The molecule has 0 radical (unpaired) electrons. The van der Waals surface area contributed by atoms with Gasteiger partial charge >= 0.3 is 0 Å². The molecule has 0 unspecified atom stereocenters. The van der Waals surface area contributed by atoms with Crippen LogP contribution in [-0.2, 0) is 11.2 Å². The first-order chi connectivity index (χ1) is 7.81. The van der Waals surface area contributed by atoms with Gasteiger partial charge in [0.25, 0.3) is 0 Å². The molecule has 0 aliphatic carbocycles. The smallest absolute Gasteiger partial charge is 0.161 e. The van der Waals surface area contributed by atoms with Crippen LogP contribution < -0.4 is 9.47 Å². The van der Waals surface area contributed by atoms with Crippen LogP contribution in [0.4, 0.5) is 0 Å². The minimum atomic E-state index is 0.648. The maximum absolute atomic E-state index is 5.62. The highest BCUT2D eigenvalue weighted by Gasteiger charge is 2.04. The Kier molecular flexibility index (Phi) is 5.72. The molecular weight excluding hydrogens is 204 g/mol. The maximum Gasteiger partial charge on any atom is 0.161 e. The lowest BCUT2D eigenvalue weighted by atomic mass is 10.1. The third-order valence-electron chi connectivity index (χ3n) is 2.39. The van der Waals surface area contributed by atoms with Crippen LogP contribution in [0.5, 0.6) is 11.5 Å². The molecule has 90 valence electrons. The lowest BCUT2D eigenvalue weighted by Gasteiger charge is -2.11. The Hall–Kier alpha value is -1.22. The van der Waals surface area contributed by atoms with Crippen molar-refractivity contribution in [2.24, 2.45) is 0 Å². The Bertz CT molecular complexity index is 310. The van der Waals surface area contributed by atoms with Gasteiger partial charge in [0, 0.05) is 20.1 Å². The molecular formula is C13H20O3. The summed E-state index contributed by atoms with van der Waals surface area (Å²) in [6.45, 7) is 3.49. The van der Waals surface area contributed by atoms with Gasteiger partial charge in [-0.25, -0.2) is 0 Å². The molecule has 0 aliphatic rings. The highest BCUT2D eigenvalue weighted by Crippen LogP contribution is 2.28.